The quantitative estimate of drug-likeness (QED) is 0.694. The van der Waals surface area contributed by atoms with Gasteiger partial charge in [0, 0.05) is 4.75 Å². The molecule has 3 heteroatoms. The van der Waals surface area contributed by atoms with Crippen LogP contribution in [0.2, 0.25) is 0 Å². The first-order valence-corrected chi connectivity index (χ1v) is 5.27. The molecule has 0 aliphatic heterocycles. The Bertz CT molecular complexity index is 318. The summed E-state index contributed by atoms with van der Waals surface area (Å²) < 4.78 is 18.4. The first-order valence-electron chi connectivity index (χ1n) is 4.45. The summed E-state index contributed by atoms with van der Waals surface area (Å²) in [5.74, 6) is 0.0363. The van der Waals surface area contributed by atoms with Gasteiger partial charge in [-0.3, -0.25) is 0 Å². The lowest BCUT2D eigenvalue weighted by Gasteiger charge is -2.19. The molecule has 0 aliphatic rings. The van der Waals surface area contributed by atoms with Crippen LogP contribution in [0, 0.1) is 5.82 Å². The zero-order chi connectivity index (χ0) is 10.8. The third kappa shape index (κ3) is 2.91. The van der Waals surface area contributed by atoms with Gasteiger partial charge in [-0.1, -0.05) is 26.8 Å². The first-order chi connectivity index (χ1) is 6.44. The molecule has 1 aromatic carbocycles. The number of hydrogen-bond acceptors (Lipinski definition) is 2. The molecule has 0 bridgehead atoms. The minimum Gasteiger partial charge on any atom is -0.492 e. The maximum absolute atomic E-state index is 13.3. The van der Waals surface area contributed by atoms with E-state index >= 15 is 0 Å². The van der Waals surface area contributed by atoms with Crippen molar-refractivity contribution in [1.82, 2.24) is 0 Å². The van der Waals surface area contributed by atoms with E-state index in [2.05, 4.69) is 20.8 Å². The smallest absolute Gasteiger partial charge is 0.168 e. The molecule has 0 N–H and O–H groups in total. The minimum atomic E-state index is -0.304. The maximum atomic E-state index is 13.3. The molecule has 0 aromatic heterocycles. The molecule has 0 saturated carbocycles. The summed E-state index contributed by atoms with van der Waals surface area (Å²) in [7, 11) is 1.49. The van der Waals surface area contributed by atoms with Gasteiger partial charge in [-0.05, 0) is 12.1 Å². The van der Waals surface area contributed by atoms with Gasteiger partial charge < -0.3 is 4.74 Å². The highest BCUT2D eigenvalue weighted by atomic mass is 32.2. The molecular formula is C11H15FOS. The highest BCUT2D eigenvalue weighted by Gasteiger charge is 2.17. The topological polar surface area (TPSA) is 9.23 Å². The van der Waals surface area contributed by atoms with Crippen molar-refractivity contribution in [2.75, 3.05) is 7.11 Å². The summed E-state index contributed by atoms with van der Waals surface area (Å²) in [6, 6.07) is 4.98. The Hall–Kier alpha value is -0.700. The summed E-state index contributed by atoms with van der Waals surface area (Å²) in [5.41, 5.74) is 0. The second-order valence-electron chi connectivity index (χ2n) is 3.99. The Morgan fingerprint density at radius 1 is 1.29 bits per heavy atom. The fourth-order valence-corrected chi connectivity index (χ4v) is 2.18. The zero-order valence-electron chi connectivity index (χ0n) is 8.93. The average Bonchev–Trinajstić information content (AvgIpc) is 2.01. The molecule has 0 spiro atoms. The maximum Gasteiger partial charge on any atom is 0.168 e. The van der Waals surface area contributed by atoms with E-state index in [9.17, 15) is 4.39 Å². The Morgan fingerprint density at radius 2 is 1.93 bits per heavy atom. The Labute approximate surface area is 88.7 Å². The van der Waals surface area contributed by atoms with Crippen molar-refractivity contribution in [2.45, 2.75) is 30.4 Å². The minimum absolute atomic E-state index is 0.0566. The van der Waals surface area contributed by atoms with Gasteiger partial charge in [0.15, 0.2) is 11.6 Å². The van der Waals surface area contributed by atoms with Gasteiger partial charge in [-0.15, -0.1) is 11.8 Å². The molecule has 0 heterocycles. The molecule has 1 rings (SSSR count). The molecule has 78 valence electrons. The van der Waals surface area contributed by atoms with E-state index < -0.39 is 0 Å². The summed E-state index contributed by atoms with van der Waals surface area (Å²) in [5, 5.41) is 0. The van der Waals surface area contributed by atoms with Crippen molar-refractivity contribution in [2.24, 2.45) is 0 Å². The predicted octanol–water partition coefficient (Wildman–Crippen LogP) is 3.72. The number of rotatable bonds is 2. The van der Waals surface area contributed by atoms with Crippen molar-refractivity contribution in [3.05, 3.63) is 24.0 Å². The predicted molar refractivity (Wildman–Crippen MR) is 58.6 cm³/mol. The number of thioether (sulfide) groups is 1. The van der Waals surface area contributed by atoms with Crippen LogP contribution in [0.15, 0.2) is 23.1 Å². The Morgan fingerprint density at radius 3 is 2.43 bits per heavy atom. The summed E-state index contributed by atoms with van der Waals surface area (Å²) >= 11 is 1.60. The van der Waals surface area contributed by atoms with Crippen LogP contribution in [-0.2, 0) is 0 Å². The fraction of sp³-hybridized carbons (Fsp3) is 0.455. The first kappa shape index (κ1) is 11.4. The largest absolute Gasteiger partial charge is 0.492 e. The number of methoxy groups -OCH3 is 1. The molecule has 1 aromatic rings. The molecule has 0 atom stereocenters. The number of hydrogen-bond donors (Lipinski definition) is 0. The lowest BCUT2D eigenvalue weighted by molar-refractivity contribution is 0.376. The van der Waals surface area contributed by atoms with Crippen LogP contribution in [-0.4, -0.2) is 11.9 Å². The molecular weight excluding hydrogens is 199 g/mol. The molecule has 0 aliphatic carbocycles. The van der Waals surface area contributed by atoms with Crippen molar-refractivity contribution >= 4 is 11.8 Å². The van der Waals surface area contributed by atoms with E-state index in [1.54, 1.807) is 17.8 Å². The van der Waals surface area contributed by atoms with Gasteiger partial charge in [-0.25, -0.2) is 4.39 Å². The normalized spacial score (nSPS) is 11.5. The SMILES string of the molecule is COc1c(F)cccc1SC(C)(C)C. The lowest BCUT2D eigenvalue weighted by atomic mass is 10.3. The van der Waals surface area contributed by atoms with Gasteiger partial charge in [0.05, 0.1) is 12.0 Å². The van der Waals surface area contributed by atoms with Crippen LogP contribution in [0.25, 0.3) is 0 Å². The van der Waals surface area contributed by atoms with E-state index in [0.29, 0.717) is 5.75 Å². The number of ether oxygens (including phenoxy) is 1. The van der Waals surface area contributed by atoms with Gasteiger partial charge in [0.2, 0.25) is 0 Å². The Kier molecular flexibility index (Phi) is 3.43. The third-order valence-corrected chi connectivity index (χ3v) is 2.70. The summed E-state index contributed by atoms with van der Waals surface area (Å²) in [4.78, 5) is 0.847. The number of halogens is 1. The lowest BCUT2D eigenvalue weighted by Crippen LogP contribution is -2.07. The van der Waals surface area contributed by atoms with Gasteiger partial charge in [0.1, 0.15) is 0 Å². The molecule has 0 unspecified atom stereocenters. The summed E-state index contributed by atoms with van der Waals surface area (Å²) in [6.45, 7) is 6.26. The van der Waals surface area contributed by atoms with E-state index in [1.807, 2.05) is 6.07 Å². The van der Waals surface area contributed by atoms with Crippen molar-refractivity contribution in [3.8, 4) is 5.75 Å². The monoisotopic (exact) mass is 214 g/mol. The van der Waals surface area contributed by atoms with Crippen molar-refractivity contribution in [1.29, 1.82) is 0 Å². The molecule has 0 saturated heterocycles. The molecule has 14 heavy (non-hydrogen) atoms. The summed E-state index contributed by atoms with van der Waals surface area (Å²) in [6.07, 6.45) is 0. The van der Waals surface area contributed by atoms with E-state index in [0.717, 1.165) is 4.90 Å². The highest BCUT2D eigenvalue weighted by Crippen LogP contribution is 2.38. The van der Waals surface area contributed by atoms with Crippen LogP contribution in [0.4, 0.5) is 4.39 Å². The van der Waals surface area contributed by atoms with Crippen LogP contribution >= 0.6 is 11.8 Å². The highest BCUT2D eigenvalue weighted by molar-refractivity contribution is 8.00. The molecule has 0 fully saturated rings. The molecule has 1 nitrogen and oxygen atoms in total. The van der Waals surface area contributed by atoms with Crippen LogP contribution < -0.4 is 4.74 Å². The van der Waals surface area contributed by atoms with Crippen molar-refractivity contribution < 1.29 is 9.13 Å². The standard InChI is InChI=1S/C11H15FOS/c1-11(2,3)14-9-7-5-6-8(12)10(9)13-4/h5-7H,1-4H3. The van der Waals surface area contributed by atoms with Crippen LogP contribution in [0.3, 0.4) is 0 Å². The number of benzene rings is 1. The molecule has 0 amide bonds. The van der Waals surface area contributed by atoms with Crippen molar-refractivity contribution in [3.63, 3.8) is 0 Å². The molecule has 0 radical (unpaired) electrons. The van der Waals surface area contributed by atoms with E-state index in [1.165, 1.54) is 13.2 Å². The van der Waals surface area contributed by atoms with E-state index in [4.69, 9.17) is 4.74 Å². The second kappa shape index (κ2) is 4.22. The zero-order valence-corrected chi connectivity index (χ0v) is 9.74. The Balaban J connectivity index is 3.02. The van der Waals surface area contributed by atoms with Crippen LogP contribution in [0.1, 0.15) is 20.8 Å². The van der Waals surface area contributed by atoms with Gasteiger partial charge in [-0.2, -0.15) is 0 Å². The number of para-hydroxylation sites is 1. The second-order valence-corrected chi connectivity index (χ2v) is 5.85. The fourth-order valence-electron chi connectivity index (χ4n) is 1.10. The van der Waals surface area contributed by atoms with Gasteiger partial charge >= 0.3 is 0 Å². The third-order valence-electron chi connectivity index (χ3n) is 1.55. The average molecular weight is 214 g/mol. The van der Waals surface area contributed by atoms with E-state index in [-0.39, 0.29) is 10.6 Å². The van der Waals surface area contributed by atoms with Gasteiger partial charge in [0.25, 0.3) is 0 Å². The van der Waals surface area contributed by atoms with Crippen LogP contribution in [0.5, 0.6) is 5.75 Å².